The third-order valence-electron chi connectivity index (χ3n) is 2.78. The molecule has 0 saturated carbocycles. The Bertz CT molecular complexity index is 497. The molecule has 0 spiro atoms. The van der Waals surface area contributed by atoms with Crippen molar-refractivity contribution < 1.29 is 14.7 Å². The molecule has 1 aromatic rings. The third kappa shape index (κ3) is 4.79. The summed E-state index contributed by atoms with van der Waals surface area (Å²) in [4.78, 5) is 22.6. The maximum atomic E-state index is 11.8. The molecule has 2 amide bonds. The van der Waals surface area contributed by atoms with E-state index < -0.39 is 17.9 Å². The van der Waals surface area contributed by atoms with E-state index in [0.717, 1.165) is 14.5 Å². The molecule has 0 radical (unpaired) electrons. The summed E-state index contributed by atoms with van der Waals surface area (Å²) < 4.78 is 1.51. The van der Waals surface area contributed by atoms with Gasteiger partial charge >= 0.3 is 12.0 Å². The quantitative estimate of drug-likeness (QED) is 0.695. The number of carboxylic acids is 1. The van der Waals surface area contributed by atoms with E-state index in [0.29, 0.717) is 12.1 Å². The van der Waals surface area contributed by atoms with Crippen molar-refractivity contribution in [2.75, 3.05) is 11.9 Å². The van der Waals surface area contributed by atoms with Crippen LogP contribution in [0, 0.1) is 12.8 Å². The van der Waals surface area contributed by atoms with Gasteiger partial charge in [-0.05, 0) is 62.9 Å². The number of carbonyl (C=O) groups is 2. The lowest BCUT2D eigenvalue weighted by Gasteiger charge is -2.14. The first-order valence-corrected chi connectivity index (χ1v) is 7.67. The molecule has 5 nitrogen and oxygen atoms in total. The van der Waals surface area contributed by atoms with Crippen molar-refractivity contribution >= 4 is 49.5 Å². The summed E-state index contributed by atoms with van der Waals surface area (Å²) in [6, 6.07) is 3.33. The van der Waals surface area contributed by atoms with Crippen molar-refractivity contribution in [1.82, 2.24) is 5.32 Å². The molecule has 7 heteroatoms. The summed E-state index contributed by atoms with van der Waals surface area (Å²) in [5, 5.41) is 14.2. The van der Waals surface area contributed by atoms with Crippen molar-refractivity contribution in [3.8, 4) is 0 Å². The highest BCUT2D eigenvalue weighted by Crippen LogP contribution is 2.32. The van der Waals surface area contributed by atoms with Crippen LogP contribution in [0.1, 0.15) is 18.9 Å². The highest BCUT2D eigenvalue weighted by molar-refractivity contribution is 9.11. The Morgan fingerprint density at radius 2 is 1.85 bits per heavy atom. The molecule has 20 heavy (non-hydrogen) atoms. The second kappa shape index (κ2) is 7.64. The fraction of sp³-hybridized carbons (Fsp3) is 0.385. The molecule has 0 aliphatic heterocycles. The SMILES string of the molecule is CCC(CNC(=O)Nc1c(Br)cc(C)cc1Br)C(=O)O. The van der Waals surface area contributed by atoms with E-state index in [1.165, 1.54) is 0 Å². The molecule has 1 rings (SSSR count). The predicted molar refractivity (Wildman–Crippen MR) is 85.0 cm³/mol. The molecule has 0 heterocycles. The van der Waals surface area contributed by atoms with Gasteiger partial charge in [-0.1, -0.05) is 6.92 Å². The van der Waals surface area contributed by atoms with Crippen LogP contribution in [0.3, 0.4) is 0 Å². The number of hydrogen-bond acceptors (Lipinski definition) is 2. The lowest BCUT2D eigenvalue weighted by molar-refractivity contribution is -0.141. The second-order valence-corrected chi connectivity index (χ2v) is 6.09. The summed E-state index contributed by atoms with van der Waals surface area (Å²) >= 11 is 6.75. The summed E-state index contributed by atoms with van der Waals surface area (Å²) in [6.45, 7) is 3.81. The summed E-state index contributed by atoms with van der Waals surface area (Å²) in [5.74, 6) is -1.49. The van der Waals surface area contributed by atoms with Crippen molar-refractivity contribution in [2.45, 2.75) is 20.3 Å². The van der Waals surface area contributed by atoms with Gasteiger partial charge in [-0.3, -0.25) is 4.79 Å². The molecule has 110 valence electrons. The van der Waals surface area contributed by atoms with Crippen molar-refractivity contribution in [3.63, 3.8) is 0 Å². The van der Waals surface area contributed by atoms with Gasteiger partial charge in [0.15, 0.2) is 0 Å². The molecule has 1 unspecified atom stereocenters. The number of amides is 2. The van der Waals surface area contributed by atoms with E-state index in [1.807, 2.05) is 19.1 Å². The molecule has 1 aromatic carbocycles. The summed E-state index contributed by atoms with van der Waals surface area (Å²) in [5.41, 5.74) is 1.66. The van der Waals surface area contributed by atoms with Gasteiger partial charge < -0.3 is 15.7 Å². The fourth-order valence-corrected chi connectivity index (χ4v) is 3.21. The van der Waals surface area contributed by atoms with Gasteiger partial charge in [0.2, 0.25) is 0 Å². The normalized spacial score (nSPS) is 11.8. The zero-order valence-electron chi connectivity index (χ0n) is 11.2. The minimum Gasteiger partial charge on any atom is -0.481 e. The molecule has 1 atom stereocenters. The van der Waals surface area contributed by atoms with Crippen LogP contribution >= 0.6 is 31.9 Å². The van der Waals surface area contributed by atoms with E-state index >= 15 is 0 Å². The molecular weight excluding hydrogens is 392 g/mol. The molecular formula is C13H16Br2N2O3. The highest BCUT2D eigenvalue weighted by atomic mass is 79.9. The fourth-order valence-electron chi connectivity index (χ4n) is 1.60. The van der Waals surface area contributed by atoms with E-state index in [4.69, 9.17) is 5.11 Å². The number of halogens is 2. The van der Waals surface area contributed by atoms with E-state index in [-0.39, 0.29) is 6.54 Å². The van der Waals surface area contributed by atoms with Crippen LogP contribution in [-0.4, -0.2) is 23.7 Å². The van der Waals surface area contributed by atoms with Gasteiger partial charge in [0.25, 0.3) is 0 Å². The lowest BCUT2D eigenvalue weighted by atomic mass is 10.1. The molecule has 3 N–H and O–H groups in total. The molecule has 0 bridgehead atoms. The first-order valence-electron chi connectivity index (χ1n) is 6.08. The Labute approximate surface area is 134 Å². The number of nitrogens with one attached hydrogen (secondary N) is 2. The topological polar surface area (TPSA) is 78.4 Å². The monoisotopic (exact) mass is 406 g/mol. The van der Waals surface area contributed by atoms with Crippen molar-refractivity contribution in [2.24, 2.45) is 5.92 Å². The number of carbonyl (C=O) groups excluding carboxylic acids is 1. The average Bonchev–Trinajstić information content (AvgIpc) is 2.34. The van der Waals surface area contributed by atoms with Crippen LogP contribution in [0.4, 0.5) is 10.5 Å². The number of carboxylic acid groups (broad SMARTS) is 1. The van der Waals surface area contributed by atoms with Crippen molar-refractivity contribution in [3.05, 3.63) is 26.6 Å². The first-order chi connectivity index (χ1) is 9.35. The Kier molecular flexibility index (Phi) is 6.48. The standard InChI is InChI=1S/C13H16Br2N2O3/c1-3-8(12(18)19)6-16-13(20)17-11-9(14)4-7(2)5-10(11)15/h4-5,8H,3,6H2,1-2H3,(H,18,19)(H2,16,17,20). The number of hydrogen-bond donors (Lipinski definition) is 3. The van der Waals surface area contributed by atoms with E-state index in [1.54, 1.807) is 6.92 Å². The van der Waals surface area contributed by atoms with Gasteiger partial charge in [0, 0.05) is 15.5 Å². The van der Waals surface area contributed by atoms with Crippen LogP contribution in [0.5, 0.6) is 0 Å². The van der Waals surface area contributed by atoms with Gasteiger partial charge in [-0.2, -0.15) is 0 Å². The smallest absolute Gasteiger partial charge is 0.319 e. The van der Waals surface area contributed by atoms with Crippen LogP contribution in [0.15, 0.2) is 21.1 Å². The zero-order chi connectivity index (χ0) is 15.3. The van der Waals surface area contributed by atoms with Gasteiger partial charge in [-0.25, -0.2) is 4.79 Å². The Hall–Kier alpha value is -1.08. The van der Waals surface area contributed by atoms with E-state index in [2.05, 4.69) is 42.5 Å². The lowest BCUT2D eigenvalue weighted by Crippen LogP contribution is -2.35. The molecule has 0 aliphatic rings. The number of urea groups is 1. The third-order valence-corrected chi connectivity index (χ3v) is 4.03. The average molecular weight is 408 g/mol. The maximum absolute atomic E-state index is 11.8. The highest BCUT2D eigenvalue weighted by Gasteiger charge is 2.16. The van der Waals surface area contributed by atoms with Crippen LogP contribution < -0.4 is 10.6 Å². The predicted octanol–water partition coefficient (Wildman–Crippen LogP) is 3.75. The van der Waals surface area contributed by atoms with Crippen LogP contribution in [-0.2, 0) is 4.79 Å². The van der Waals surface area contributed by atoms with Crippen molar-refractivity contribution in [1.29, 1.82) is 0 Å². The zero-order valence-corrected chi connectivity index (χ0v) is 14.3. The minimum atomic E-state index is -0.912. The van der Waals surface area contributed by atoms with Gasteiger partial charge in [0.05, 0.1) is 11.6 Å². The Balaban J connectivity index is 2.66. The number of rotatable bonds is 5. The molecule has 0 fully saturated rings. The summed E-state index contributed by atoms with van der Waals surface area (Å²) in [7, 11) is 0. The number of benzene rings is 1. The first kappa shape index (κ1) is 17.0. The van der Waals surface area contributed by atoms with E-state index in [9.17, 15) is 9.59 Å². The number of aliphatic carboxylic acids is 1. The minimum absolute atomic E-state index is 0.0960. The Morgan fingerprint density at radius 1 is 1.30 bits per heavy atom. The number of anilines is 1. The molecule has 0 saturated heterocycles. The molecule has 0 aliphatic carbocycles. The number of aryl methyl sites for hydroxylation is 1. The van der Waals surface area contributed by atoms with Gasteiger partial charge in [0.1, 0.15) is 0 Å². The summed E-state index contributed by atoms with van der Waals surface area (Å²) in [6.07, 6.45) is 0.466. The largest absolute Gasteiger partial charge is 0.481 e. The van der Waals surface area contributed by atoms with Crippen LogP contribution in [0.2, 0.25) is 0 Å². The van der Waals surface area contributed by atoms with Crippen LogP contribution in [0.25, 0.3) is 0 Å². The Morgan fingerprint density at radius 3 is 2.30 bits per heavy atom. The molecule has 0 aromatic heterocycles. The second-order valence-electron chi connectivity index (χ2n) is 4.38. The maximum Gasteiger partial charge on any atom is 0.319 e. The van der Waals surface area contributed by atoms with Gasteiger partial charge in [-0.15, -0.1) is 0 Å².